The molecule has 7 nitrogen and oxygen atoms in total. The third-order valence-electron chi connectivity index (χ3n) is 5.71. The number of likely N-dealkylation sites (tertiary alicyclic amines) is 1. The van der Waals surface area contributed by atoms with Gasteiger partial charge in [-0.05, 0) is 49.3 Å². The summed E-state index contributed by atoms with van der Waals surface area (Å²) < 4.78 is 0. The fraction of sp³-hybridized carbons (Fsp3) is 0.444. The van der Waals surface area contributed by atoms with Gasteiger partial charge in [0.25, 0.3) is 0 Å². The fourth-order valence-corrected chi connectivity index (χ4v) is 4.70. The van der Waals surface area contributed by atoms with Gasteiger partial charge >= 0.3 is 5.97 Å². The van der Waals surface area contributed by atoms with Gasteiger partial charge in [-0.3, -0.25) is 19.3 Å². The first kappa shape index (κ1) is 15.8. The van der Waals surface area contributed by atoms with Gasteiger partial charge in [-0.2, -0.15) is 0 Å². The van der Waals surface area contributed by atoms with Crippen LogP contribution in [0.3, 0.4) is 0 Å². The zero-order valence-corrected chi connectivity index (χ0v) is 13.5. The number of fused-ring (bicyclic) bond motifs is 5. The average Bonchev–Trinajstić information content (AvgIpc) is 3.25. The number of rotatable bonds is 4. The van der Waals surface area contributed by atoms with E-state index < -0.39 is 11.9 Å². The second-order valence-electron chi connectivity index (χ2n) is 7.08. The van der Waals surface area contributed by atoms with Crippen molar-refractivity contribution in [3.63, 3.8) is 0 Å². The van der Waals surface area contributed by atoms with Crippen molar-refractivity contribution in [1.29, 1.82) is 0 Å². The summed E-state index contributed by atoms with van der Waals surface area (Å²) in [6.07, 6.45) is 2.94. The Morgan fingerprint density at radius 1 is 1.12 bits per heavy atom. The zero-order valence-electron chi connectivity index (χ0n) is 13.5. The van der Waals surface area contributed by atoms with E-state index in [-0.39, 0.29) is 47.6 Å². The summed E-state index contributed by atoms with van der Waals surface area (Å²) >= 11 is 0. The molecule has 1 aromatic rings. The number of nitrogens with one attached hydrogen (secondary N) is 1. The summed E-state index contributed by atoms with van der Waals surface area (Å²) in [5.41, 5.74) is 0.376. The molecule has 0 spiro atoms. The van der Waals surface area contributed by atoms with Crippen LogP contribution in [0.25, 0.3) is 0 Å². The second kappa shape index (κ2) is 5.68. The SMILES string of the molecule is O=C(CN1C(=O)[C@H]2[C@H]3CC[C@@H](C3)[C@@H]2C1=O)Nc1cccc(C(=O)O)c1. The van der Waals surface area contributed by atoms with Crippen LogP contribution in [0.5, 0.6) is 0 Å². The minimum atomic E-state index is -1.09. The van der Waals surface area contributed by atoms with E-state index in [0.29, 0.717) is 5.69 Å². The Bertz CT molecular complexity index is 761. The first-order valence-corrected chi connectivity index (χ1v) is 8.44. The molecule has 1 aliphatic heterocycles. The van der Waals surface area contributed by atoms with Crippen LogP contribution in [0.4, 0.5) is 5.69 Å². The van der Waals surface area contributed by atoms with Crippen molar-refractivity contribution in [2.75, 3.05) is 11.9 Å². The van der Waals surface area contributed by atoms with Gasteiger partial charge in [0, 0.05) is 5.69 Å². The van der Waals surface area contributed by atoms with Crippen molar-refractivity contribution in [3.8, 4) is 0 Å². The van der Waals surface area contributed by atoms with E-state index >= 15 is 0 Å². The highest BCUT2D eigenvalue weighted by Crippen LogP contribution is 2.56. The van der Waals surface area contributed by atoms with E-state index in [9.17, 15) is 19.2 Å². The molecule has 1 heterocycles. The standard InChI is InChI=1S/C18H18N2O5/c21-13(19-12-3-1-2-11(7-12)18(24)25)8-20-16(22)14-9-4-5-10(6-9)15(14)17(20)23/h1-3,7,9-10,14-15H,4-6,8H2,(H,19,21)(H,24,25)/t9-,10-,14-,15-/m0/s1. The number of carboxylic acid groups (broad SMARTS) is 1. The highest BCUT2D eigenvalue weighted by atomic mass is 16.4. The van der Waals surface area contributed by atoms with Gasteiger partial charge in [0.1, 0.15) is 6.54 Å². The molecular formula is C18H18N2O5. The fourth-order valence-electron chi connectivity index (χ4n) is 4.70. The summed E-state index contributed by atoms with van der Waals surface area (Å²) in [4.78, 5) is 49.4. The van der Waals surface area contributed by atoms with Crippen LogP contribution >= 0.6 is 0 Å². The predicted octanol–water partition coefficient (Wildman–Crippen LogP) is 1.35. The molecule has 4 atom stereocenters. The number of benzene rings is 1. The third kappa shape index (κ3) is 2.50. The summed E-state index contributed by atoms with van der Waals surface area (Å²) in [5, 5.41) is 11.5. The number of carbonyl (C=O) groups excluding carboxylic acids is 3. The van der Waals surface area contributed by atoms with Crippen molar-refractivity contribution in [2.24, 2.45) is 23.7 Å². The number of hydrogen-bond donors (Lipinski definition) is 2. The summed E-state index contributed by atoms with van der Waals surface area (Å²) in [6, 6.07) is 5.84. The minimum absolute atomic E-state index is 0.0530. The van der Waals surface area contributed by atoms with Crippen LogP contribution in [0.2, 0.25) is 0 Å². The van der Waals surface area contributed by atoms with Gasteiger partial charge in [0.15, 0.2) is 0 Å². The van der Waals surface area contributed by atoms with Crippen molar-refractivity contribution >= 4 is 29.4 Å². The molecule has 25 heavy (non-hydrogen) atoms. The number of anilines is 1. The number of imide groups is 1. The molecule has 4 rings (SSSR count). The lowest BCUT2D eigenvalue weighted by Crippen LogP contribution is -2.39. The van der Waals surface area contributed by atoms with Crippen LogP contribution in [-0.2, 0) is 14.4 Å². The Balaban J connectivity index is 1.45. The van der Waals surface area contributed by atoms with E-state index in [1.807, 2.05) is 0 Å². The number of hydrogen-bond acceptors (Lipinski definition) is 4. The molecule has 0 radical (unpaired) electrons. The van der Waals surface area contributed by atoms with Gasteiger partial charge in [0.05, 0.1) is 17.4 Å². The Morgan fingerprint density at radius 2 is 1.76 bits per heavy atom. The van der Waals surface area contributed by atoms with Crippen LogP contribution in [0, 0.1) is 23.7 Å². The van der Waals surface area contributed by atoms with Crippen LogP contribution in [-0.4, -0.2) is 40.2 Å². The maximum Gasteiger partial charge on any atom is 0.335 e. The normalized spacial score (nSPS) is 29.8. The molecule has 0 unspecified atom stereocenters. The molecule has 130 valence electrons. The highest BCUT2D eigenvalue weighted by Gasteiger charge is 2.60. The first-order valence-electron chi connectivity index (χ1n) is 8.44. The molecule has 1 aromatic carbocycles. The Hall–Kier alpha value is -2.70. The van der Waals surface area contributed by atoms with Crippen molar-refractivity contribution in [1.82, 2.24) is 4.90 Å². The van der Waals surface area contributed by atoms with Gasteiger partial charge in [-0.25, -0.2) is 4.79 Å². The minimum Gasteiger partial charge on any atom is -0.478 e. The smallest absolute Gasteiger partial charge is 0.335 e. The maximum atomic E-state index is 12.6. The summed E-state index contributed by atoms with van der Waals surface area (Å²) in [7, 11) is 0. The number of nitrogens with zero attached hydrogens (tertiary/aromatic N) is 1. The molecule has 1 saturated heterocycles. The van der Waals surface area contributed by atoms with Crippen LogP contribution in [0.15, 0.2) is 24.3 Å². The Labute approximate surface area is 144 Å². The molecule has 3 amide bonds. The van der Waals surface area contributed by atoms with Gasteiger partial charge < -0.3 is 10.4 Å². The van der Waals surface area contributed by atoms with E-state index in [1.54, 1.807) is 6.07 Å². The molecule has 2 aliphatic carbocycles. The summed E-state index contributed by atoms with van der Waals surface area (Å²) in [6.45, 7) is -0.318. The lowest BCUT2D eigenvalue weighted by molar-refractivity contribution is -0.143. The first-order chi connectivity index (χ1) is 12.0. The number of aromatic carboxylic acids is 1. The number of amides is 3. The second-order valence-corrected chi connectivity index (χ2v) is 7.08. The monoisotopic (exact) mass is 342 g/mol. The molecule has 3 fully saturated rings. The Morgan fingerprint density at radius 3 is 2.36 bits per heavy atom. The largest absolute Gasteiger partial charge is 0.478 e. The molecule has 2 bridgehead atoms. The molecule has 7 heteroatoms. The summed E-state index contributed by atoms with van der Waals surface area (Å²) in [5.74, 6) is -1.96. The topological polar surface area (TPSA) is 104 Å². The molecule has 0 aromatic heterocycles. The van der Waals surface area contributed by atoms with Crippen molar-refractivity contribution in [3.05, 3.63) is 29.8 Å². The maximum absolute atomic E-state index is 12.6. The number of carbonyl (C=O) groups is 4. The van der Waals surface area contributed by atoms with Crippen LogP contribution in [0.1, 0.15) is 29.6 Å². The lowest BCUT2D eigenvalue weighted by Gasteiger charge is -2.19. The predicted molar refractivity (Wildman–Crippen MR) is 86.6 cm³/mol. The Kier molecular flexibility index (Phi) is 3.59. The van der Waals surface area contributed by atoms with E-state index in [1.165, 1.54) is 18.2 Å². The van der Waals surface area contributed by atoms with Crippen molar-refractivity contribution in [2.45, 2.75) is 19.3 Å². The van der Waals surface area contributed by atoms with Crippen LogP contribution < -0.4 is 5.32 Å². The average molecular weight is 342 g/mol. The van der Waals surface area contributed by atoms with Gasteiger partial charge in [0.2, 0.25) is 17.7 Å². The number of carboxylic acids is 1. The van der Waals surface area contributed by atoms with Crippen molar-refractivity contribution < 1.29 is 24.3 Å². The molecular weight excluding hydrogens is 324 g/mol. The lowest BCUT2D eigenvalue weighted by atomic mass is 9.81. The van der Waals surface area contributed by atoms with E-state index in [4.69, 9.17) is 5.11 Å². The van der Waals surface area contributed by atoms with E-state index in [0.717, 1.165) is 24.2 Å². The van der Waals surface area contributed by atoms with Gasteiger partial charge in [-0.15, -0.1) is 0 Å². The molecule has 3 aliphatic rings. The van der Waals surface area contributed by atoms with E-state index in [2.05, 4.69) is 5.32 Å². The quantitative estimate of drug-likeness (QED) is 0.804. The molecule has 2 N–H and O–H groups in total. The third-order valence-corrected chi connectivity index (χ3v) is 5.71. The van der Waals surface area contributed by atoms with Gasteiger partial charge in [-0.1, -0.05) is 6.07 Å². The molecule has 2 saturated carbocycles. The zero-order chi connectivity index (χ0) is 17.7. The highest BCUT2D eigenvalue weighted by molar-refractivity contribution is 6.09.